The van der Waals surface area contributed by atoms with Crippen molar-refractivity contribution in [3.63, 3.8) is 0 Å². The molecule has 2 rings (SSSR count). The number of hydrogen-bond donors (Lipinski definition) is 2. The average molecular weight is 499 g/mol. The molecule has 0 aliphatic heterocycles. The van der Waals surface area contributed by atoms with Gasteiger partial charge in [0.2, 0.25) is 15.9 Å². The Morgan fingerprint density at radius 1 is 1.29 bits per heavy atom. The van der Waals surface area contributed by atoms with Crippen molar-refractivity contribution in [1.29, 1.82) is 0 Å². The summed E-state index contributed by atoms with van der Waals surface area (Å²) in [5.74, 6) is 0.0134. The van der Waals surface area contributed by atoms with Crippen molar-refractivity contribution in [2.75, 3.05) is 11.0 Å². The summed E-state index contributed by atoms with van der Waals surface area (Å²) in [6, 6.07) is 4.00. The minimum atomic E-state index is -4.71. The van der Waals surface area contributed by atoms with E-state index in [4.69, 9.17) is 11.2 Å². The zero-order valence-electron chi connectivity index (χ0n) is 18.4. The lowest BCUT2D eigenvalue weighted by molar-refractivity contribution is -0.141. The normalized spacial score (nSPS) is 11.6. The number of nitrogens with zero attached hydrogens (tertiary/aromatic N) is 1. The third-order valence-corrected chi connectivity index (χ3v) is 4.72. The fraction of sp³-hybridized carbons (Fsp3) is 0.273. The van der Waals surface area contributed by atoms with Crippen LogP contribution in [-0.2, 0) is 27.5 Å². The summed E-state index contributed by atoms with van der Waals surface area (Å²) in [6.45, 7) is 6.52. The van der Waals surface area contributed by atoms with Crippen LogP contribution >= 0.6 is 0 Å². The first kappa shape index (κ1) is 26.7. The van der Waals surface area contributed by atoms with Crippen LogP contribution in [-0.4, -0.2) is 31.7 Å². The van der Waals surface area contributed by atoms with E-state index in [1.165, 1.54) is 6.07 Å². The highest BCUT2D eigenvalue weighted by atomic mass is 32.2. The second-order valence-electron chi connectivity index (χ2n) is 7.39. The molecule has 2 N–H and O–H groups in total. The number of hydrogen-bond acceptors (Lipinski definition) is 5. The highest BCUT2D eigenvalue weighted by molar-refractivity contribution is 7.92. The first-order valence-electron chi connectivity index (χ1n) is 9.61. The van der Waals surface area contributed by atoms with Gasteiger partial charge in [-0.05, 0) is 43.7 Å². The summed E-state index contributed by atoms with van der Waals surface area (Å²) >= 11 is 0. The maximum absolute atomic E-state index is 14.4. The van der Waals surface area contributed by atoms with E-state index >= 15 is 0 Å². The van der Waals surface area contributed by atoms with Crippen LogP contribution in [0, 0.1) is 18.2 Å². The molecule has 0 unspecified atom stereocenters. The molecule has 1 amide bonds. The topological polar surface area (TPSA) is 97.4 Å². The number of aromatic nitrogens is 1. The smallest absolute Gasteiger partial charge is 0.433 e. The number of halogens is 4. The first-order valence-corrected chi connectivity index (χ1v) is 11.5. The van der Waals surface area contributed by atoms with Gasteiger partial charge in [0.15, 0.2) is 0 Å². The van der Waals surface area contributed by atoms with Crippen LogP contribution in [0.3, 0.4) is 0 Å². The molecule has 2 aromatic rings. The Bertz CT molecular complexity index is 1270. The van der Waals surface area contributed by atoms with Gasteiger partial charge in [0.25, 0.3) is 5.91 Å². The number of pyridine rings is 1. The highest BCUT2D eigenvalue weighted by Crippen LogP contribution is 2.32. The van der Waals surface area contributed by atoms with Crippen LogP contribution in [0.15, 0.2) is 30.8 Å². The molecule has 1 aromatic carbocycles. The van der Waals surface area contributed by atoms with Crippen molar-refractivity contribution in [2.24, 2.45) is 0 Å². The van der Waals surface area contributed by atoms with Gasteiger partial charge in [0.05, 0.1) is 23.6 Å². The fourth-order valence-electron chi connectivity index (χ4n) is 2.72. The minimum Gasteiger partial charge on any atom is -0.474 e. The Hall–Kier alpha value is -3.59. The summed E-state index contributed by atoms with van der Waals surface area (Å²) in [4.78, 5) is 16.1. The van der Waals surface area contributed by atoms with Crippen LogP contribution in [0.5, 0.6) is 5.88 Å². The van der Waals surface area contributed by atoms with Gasteiger partial charge in [-0.25, -0.2) is 17.8 Å². The highest BCUT2D eigenvalue weighted by Gasteiger charge is 2.34. The molecular formula is C22H21F4N3O4S. The SMILES string of the molecule is C#Cc1cc(CNC(=O)C(=C)c2ccc(C(F)(F)F)nc2OC(C)C)cc(F)c1NS(C)(=O)=O. The van der Waals surface area contributed by atoms with Gasteiger partial charge in [-0.15, -0.1) is 6.42 Å². The van der Waals surface area contributed by atoms with Gasteiger partial charge < -0.3 is 10.1 Å². The van der Waals surface area contributed by atoms with Crippen LogP contribution in [0.2, 0.25) is 0 Å². The maximum atomic E-state index is 14.4. The lowest BCUT2D eigenvalue weighted by atomic mass is 10.1. The fourth-order valence-corrected chi connectivity index (χ4v) is 3.30. The van der Waals surface area contributed by atoms with Crippen LogP contribution in [0.4, 0.5) is 23.2 Å². The van der Waals surface area contributed by atoms with E-state index in [2.05, 4.69) is 22.8 Å². The monoisotopic (exact) mass is 499 g/mol. The molecule has 1 heterocycles. The number of carbonyl (C=O) groups is 1. The lowest BCUT2D eigenvalue weighted by Gasteiger charge is -2.17. The third kappa shape index (κ3) is 6.95. The molecule has 0 radical (unpaired) electrons. The molecule has 12 heteroatoms. The maximum Gasteiger partial charge on any atom is 0.433 e. The van der Waals surface area contributed by atoms with Gasteiger partial charge in [-0.3, -0.25) is 9.52 Å². The predicted molar refractivity (Wildman–Crippen MR) is 119 cm³/mol. The molecule has 0 atom stereocenters. The zero-order chi connectivity index (χ0) is 25.8. The van der Waals surface area contributed by atoms with Crippen molar-refractivity contribution >= 4 is 27.2 Å². The Kier molecular flexibility index (Phi) is 7.94. The Labute approximate surface area is 194 Å². The third-order valence-electron chi connectivity index (χ3n) is 4.14. The zero-order valence-corrected chi connectivity index (χ0v) is 19.2. The molecule has 7 nitrogen and oxygen atoms in total. The number of sulfonamides is 1. The summed E-state index contributed by atoms with van der Waals surface area (Å²) in [7, 11) is -3.79. The minimum absolute atomic E-state index is 0.0533. The Morgan fingerprint density at radius 3 is 2.47 bits per heavy atom. The second kappa shape index (κ2) is 10.1. The lowest BCUT2D eigenvalue weighted by Crippen LogP contribution is -2.24. The molecule has 0 aliphatic rings. The van der Waals surface area contributed by atoms with E-state index in [9.17, 15) is 30.8 Å². The number of amides is 1. The van der Waals surface area contributed by atoms with E-state index < -0.39 is 51.3 Å². The standard InChI is InChI=1S/C22H21F4N3O4S/c1-6-15-9-14(10-17(23)19(15)29-34(5,31)32)11-27-20(30)13(4)16-7-8-18(22(24,25)26)28-21(16)33-12(2)3/h1,7-10,12,29H,4,11H2,2-3,5H3,(H,27,30). The molecule has 0 bridgehead atoms. The number of ether oxygens (including phenoxy) is 1. The largest absolute Gasteiger partial charge is 0.474 e. The van der Waals surface area contributed by atoms with E-state index in [1.807, 2.05) is 4.72 Å². The van der Waals surface area contributed by atoms with Gasteiger partial charge >= 0.3 is 6.18 Å². The second-order valence-corrected chi connectivity index (χ2v) is 9.14. The molecule has 34 heavy (non-hydrogen) atoms. The molecule has 1 aromatic heterocycles. The van der Waals surface area contributed by atoms with Gasteiger partial charge in [0, 0.05) is 17.7 Å². The number of carbonyl (C=O) groups excluding carboxylic acids is 1. The number of rotatable bonds is 8. The predicted octanol–water partition coefficient (Wildman–Crippen LogP) is 3.71. The average Bonchev–Trinajstić information content (AvgIpc) is 2.71. The van der Waals surface area contributed by atoms with Crippen LogP contribution in [0.1, 0.15) is 36.2 Å². The summed E-state index contributed by atoms with van der Waals surface area (Å²) in [5, 5.41) is 2.45. The molecule has 0 spiro atoms. The van der Waals surface area contributed by atoms with E-state index in [-0.39, 0.29) is 28.8 Å². The summed E-state index contributed by atoms with van der Waals surface area (Å²) in [5.41, 5.74) is -1.77. The summed E-state index contributed by atoms with van der Waals surface area (Å²) < 4.78 is 83.6. The van der Waals surface area contributed by atoms with Crippen molar-refractivity contribution < 1.29 is 35.5 Å². The summed E-state index contributed by atoms with van der Waals surface area (Å²) in [6.07, 6.45) is 0.919. The molecule has 0 saturated carbocycles. The molecular weight excluding hydrogens is 478 g/mol. The van der Waals surface area contributed by atoms with E-state index in [1.54, 1.807) is 13.8 Å². The molecule has 0 fully saturated rings. The van der Waals surface area contributed by atoms with Crippen molar-refractivity contribution in [3.8, 4) is 18.2 Å². The molecule has 0 saturated heterocycles. The molecule has 0 aliphatic carbocycles. The van der Waals surface area contributed by atoms with Crippen LogP contribution < -0.4 is 14.8 Å². The number of anilines is 1. The van der Waals surface area contributed by atoms with Crippen molar-refractivity contribution in [3.05, 3.63) is 59.0 Å². The Balaban J connectivity index is 2.26. The van der Waals surface area contributed by atoms with Gasteiger partial charge in [0.1, 0.15) is 11.5 Å². The first-order chi connectivity index (χ1) is 15.6. The number of benzene rings is 1. The number of nitrogens with one attached hydrogen (secondary N) is 2. The van der Waals surface area contributed by atoms with Crippen molar-refractivity contribution in [1.82, 2.24) is 10.3 Å². The van der Waals surface area contributed by atoms with E-state index in [0.717, 1.165) is 18.4 Å². The van der Waals surface area contributed by atoms with Gasteiger partial charge in [-0.2, -0.15) is 13.2 Å². The Morgan fingerprint density at radius 2 is 1.94 bits per heavy atom. The molecule has 182 valence electrons. The number of terminal acetylenes is 1. The van der Waals surface area contributed by atoms with Crippen LogP contribution in [0.25, 0.3) is 5.57 Å². The van der Waals surface area contributed by atoms with E-state index in [0.29, 0.717) is 6.07 Å². The quantitative estimate of drug-likeness (QED) is 0.328. The van der Waals surface area contributed by atoms with Gasteiger partial charge in [-0.1, -0.05) is 12.5 Å². The number of alkyl halides is 3. The van der Waals surface area contributed by atoms with Crippen molar-refractivity contribution in [2.45, 2.75) is 32.7 Å².